The van der Waals surface area contributed by atoms with E-state index in [1.807, 2.05) is 28.4 Å². The molecule has 5 heterocycles. The number of benzene rings is 1. The summed E-state index contributed by atoms with van der Waals surface area (Å²) >= 11 is 0. The van der Waals surface area contributed by atoms with Crippen molar-refractivity contribution in [2.45, 2.75) is 25.4 Å². The van der Waals surface area contributed by atoms with Gasteiger partial charge in [-0.05, 0) is 24.5 Å². The van der Waals surface area contributed by atoms with Gasteiger partial charge in [-0.25, -0.2) is 4.98 Å². The molecule has 0 saturated carbocycles. The predicted molar refractivity (Wildman–Crippen MR) is 123 cm³/mol. The van der Waals surface area contributed by atoms with Gasteiger partial charge in [0.2, 0.25) is 0 Å². The van der Waals surface area contributed by atoms with Gasteiger partial charge in [0.05, 0.1) is 11.3 Å². The van der Waals surface area contributed by atoms with Crippen LogP contribution in [0.25, 0.3) is 22.6 Å². The molecule has 3 aromatic heterocycles. The van der Waals surface area contributed by atoms with E-state index in [1.54, 1.807) is 12.4 Å². The largest absolute Gasteiger partial charge is 0.344 e. The first-order valence-electron chi connectivity index (χ1n) is 11.2. The Hall–Kier alpha value is -3.45. The van der Waals surface area contributed by atoms with Crippen LogP contribution in [-0.2, 0) is 20.1 Å². The highest BCUT2D eigenvalue weighted by Crippen LogP contribution is 2.36. The van der Waals surface area contributed by atoms with Crippen molar-refractivity contribution in [2.75, 3.05) is 13.1 Å². The van der Waals surface area contributed by atoms with Crippen molar-refractivity contribution in [3.63, 3.8) is 0 Å². The highest BCUT2D eigenvalue weighted by atomic mass is 16.1. The third-order valence-corrected chi connectivity index (χ3v) is 6.78. The first kappa shape index (κ1) is 19.3. The summed E-state index contributed by atoms with van der Waals surface area (Å²) in [5.41, 5.74) is 5.34. The smallest absolute Gasteiger partial charge is 0.261 e. The number of piperidine rings is 1. The molecule has 2 aliphatic heterocycles. The van der Waals surface area contributed by atoms with E-state index in [0.29, 0.717) is 23.2 Å². The fraction of sp³-hybridized carbons (Fsp3) is 0.320. The zero-order chi connectivity index (χ0) is 21.7. The van der Waals surface area contributed by atoms with Crippen LogP contribution in [0.3, 0.4) is 0 Å². The highest BCUT2D eigenvalue weighted by molar-refractivity contribution is 5.62. The van der Waals surface area contributed by atoms with Gasteiger partial charge in [0.25, 0.3) is 5.56 Å². The van der Waals surface area contributed by atoms with Crippen molar-refractivity contribution in [3.05, 3.63) is 82.7 Å². The second-order valence-corrected chi connectivity index (χ2v) is 9.06. The summed E-state index contributed by atoms with van der Waals surface area (Å²) < 4.78 is 3.90. The Morgan fingerprint density at radius 1 is 1.09 bits per heavy atom. The van der Waals surface area contributed by atoms with Crippen molar-refractivity contribution in [1.82, 2.24) is 29.2 Å². The van der Waals surface area contributed by atoms with Crippen LogP contribution in [0.4, 0.5) is 0 Å². The molecule has 0 radical (unpaired) electrons. The number of H-pyrrole nitrogens is 1. The van der Waals surface area contributed by atoms with E-state index < -0.39 is 0 Å². The van der Waals surface area contributed by atoms with E-state index in [2.05, 4.69) is 51.4 Å². The number of rotatable bonds is 4. The lowest BCUT2D eigenvalue weighted by molar-refractivity contribution is 0.114. The summed E-state index contributed by atoms with van der Waals surface area (Å²) in [6, 6.07) is 14.5. The third kappa shape index (κ3) is 3.29. The molecule has 2 atom stereocenters. The number of likely N-dealkylation sites (tertiary alicyclic amines) is 1. The molecular formula is C25H26N6O. The normalized spacial score (nSPS) is 20.3. The molecule has 7 heteroatoms. The third-order valence-electron chi connectivity index (χ3n) is 6.78. The van der Waals surface area contributed by atoms with Gasteiger partial charge in [0, 0.05) is 74.6 Å². The summed E-state index contributed by atoms with van der Waals surface area (Å²) in [6.45, 7) is 3.60. The first-order valence-corrected chi connectivity index (χ1v) is 11.2. The molecule has 1 N–H and O–H groups in total. The standard InChI is InChI=1S/C25H26N6O/c1-29-14-20(23(28-29)18-5-3-2-4-6-18)16-30-12-17-11-19(15-30)22-8-7-21(24-26-9-10-27-24)25(32)31(22)13-17/h2-10,14,17,19H,11-13,15-16H2,1H3,(H,26,27)/t17-,19+/m0/s1. The minimum Gasteiger partial charge on any atom is -0.344 e. The maximum Gasteiger partial charge on any atom is 0.261 e. The number of aromatic amines is 1. The number of hydrogen-bond acceptors (Lipinski definition) is 4. The number of aryl methyl sites for hydroxylation is 1. The summed E-state index contributed by atoms with van der Waals surface area (Å²) in [6.07, 6.45) is 6.73. The Kier molecular flexibility index (Phi) is 4.57. The van der Waals surface area contributed by atoms with Gasteiger partial charge in [-0.1, -0.05) is 30.3 Å². The van der Waals surface area contributed by atoms with Crippen molar-refractivity contribution < 1.29 is 0 Å². The fourth-order valence-corrected chi connectivity index (χ4v) is 5.50. The lowest BCUT2D eigenvalue weighted by Gasteiger charge is -2.43. The molecule has 6 rings (SSSR count). The van der Waals surface area contributed by atoms with Gasteiger partial charge in [-0.15, -0.1) is 0 Å². The van der Waals surface area contributed by atoms with Crippen LogP contribution in [0, 0.1) is 5.92 Å². The number of nitrogens with one attached hydrogen (secondary N) is 1. The van der Waals surface area contributed by atoms with Crippen LogP contribution in [0.15, 0.2) is 65.8 Å². The van der Waals surface area contributed by atoms with E-state index in [9.17, 15) is 4.79 Å². The van der Waals surface area contributed by atoms with Gasteiger partial charge in [-0.2, -0.15) is 5.10 Å². The lowest BCUT2D eigenvalue weighted by Crippen LogP contribution is -2.47. The van der Waals surface area contributed by atoms with Crippen molar-refractivity contribution in [2.24, 2.45) is 13.0 Å². The Morgan fingerprint density at radius 2 is 1.97 bits per heavy atom. The van der Waals surface area contributed by atoms with Crippen LogP contribution in [0.2, 0.25) is 0 Å². The van der Waals surface area contributed by atoms with Crippen LogP contribution in [0.5, 0.6) is 0 Å². The molecule has 1 aromatic carbocycles. The minimum absolute atomic E-state index is 0.0687. The Balaban J connectivity index is 1.28. The van der Waals surface area contributed by atoms with E-state index in [1.165, 1.54) is 5.56 Å². The molecular weight excluding hydrogens is 400 g/mol. The van der Waals surface area contributed by atoms with Crippen molar-refractivity contribution in [1.29, 1.82) is 0 Å². The summed E-state index contributed by atoms with van der Waals surface area (Å²) in [4.78, 5) is 23.1. The molecule has 0 spiro atoms. The van der Waals surface area contributed by atoms with E-state index >= 15 is 0 Å². The molecule has 1 fully saturated rings. The molecule has 4 aromatic rings. The summed E-state index contributed by atoms with van der Waals surface area (Å²) in [5.74, 6) is 1.49. The van der Waals surface area contributed by atoms with Gasteiger partial charge in [0.15, 0.2) is 0 Å². The number of fused-ring (bicyclic) bond motifs is 4. The van der Waals surface area contributed by atoms with Gasteiger partial charge in [0.1, 0.15) is 5.82 Å². The zero-order valence-corrected chi connectivity index (χ0v) is 18.1. The van der Waals surface area contributed by atoms with Crippen LogP contribution in [-0.4, -0.2) is 42.3 Å². The SMILES string of the molecule is Cn1cc(CN2C[C@@H]3C[C@H](C2)c2ccc(-c4ncc[nH]4)c(=O)n2C3)c(-c2ccccc2)n1. The van der Waals surface area contributed by atoms with Gasteiger partial charge in [-0.3, -0.25) is 14.4 Å². The lowest BCUT2D eigenvalue weighted by atomic mass is 9.82. The average molecular weight is 427 g/mol. The minimum atomic E-state index is 0.0687. The quantitative estimate of drug-likeness (QED) is 0.544. The Bertz CT molecular complexity index is 1300. The number of imidazole rings is 1. The van der Waals surface area contributed by atoms with Gasteiger partial charge < -0.3 is 9.55 Å². The molecule has 7 nitrogen and oxygen atoms in total. The molecule has 2 bridgehead atoms. The fourth-order valence-electron chi connectivity index (χ4n) is 5.50. The summed E-state index contributed by atoms with van der Waals surface area (Å²) in [7, 11) is 1.99. The van der Waals surface area contributed by atoms with Gasteiger partial charge >= 0.3 is 0 Å². The highest BCUT2D eigenvalue weighted by Gasteiger charge is 2.35. The van der Waals surface area contributed by atoms with E-state index in [-0.39, 0.29) is 5.56 Å². The van der Waals surface area contributed by atoms with Crippen molar-refractivity contribution >= 4 is 0 Å². The van der Waals surface area contributed by atoms with E-state index in [0.717, 1.165) is 49.6 Å². The molecule has 2 aliphatic rings. The number of pyridine rings is 1. The molecule has 162 valence electrons. The maximum atomic E-state index is 13.2. The molecule has 0 amide bonds. The average Bonchev–Trinajstić information content (AvgIpc) is 3.45. The summed E-state index contributed by atoms with van der Waals surface area (Å²) in [5, 5.41) is 4.74. The molecule has 32 heavy (non-hydrogen) atoms. The number of nitrogens with zero attached hydrogens (tertiary/aromatic N) is 5. The second kappa shape index (κ2) is 7.60. The molecule has 0 aliphatic carbocycles. The van der Waals surface area contributed by atoms with Crippen LogP contribution < -0.4 is 5.56 Å². The van der Waals surface area contributed by atoms with Crippen molar-refractivity contribution in [3.8, 4) is 22.6 Å². The Morgan fingerprint density at radius 3 is 2.78 bits per heavy atom. The van der Waals surface area contributed by atoms with Crippen LogP contribution >= 0.6 is 0 Å². The molecule has 1 saturated heterocycles. The van der Waals surface area contributed by atoms with Crippen LogP contribution in [0.1, 0.15) is 23.6 Å². The first-order chi connectivity index (χ1) is 15.7. The zero-order valence-electron chi connectivity index (χ0n) is 18.1. The predicted octanol–water partition coefficient (Wildman–Crippen LogP) is 3.26. The number of hydrogen-bond donors (Lipinski definition) is 1. The Labute approximate surface area is 186 Å². The second-order valence-electron chi connectivity index (χ2n) is 9.06. The number of aromatic nitrogens is 5. The monoisotopic (exact) mass is 426 g/mol. The van der Waals surface area contributed by atoms with E-state index in [4.69, 9.17) is 5.10 Å². The maximum absolute atomic E-state index is 13.2. The topological polar surface area (TPSA) is 71.7 Å². The molecule has 0 unspecified atom stereocenters.